The summed E-state index contributed by atoms with van der Waals surface area (Å²) in [5.41, 5.74) is 6.12. The number of hydrogen-bond donors (Lipinski definition) is 0. The minimum Gasteiger partial charge on any atom is -0.294 e. The number of aromatic nitrogens is 3. The molecule has 0 spiro atoms. The van der Waals surface area contributed by atoms with Crippen LogP contribution in [-0.4, -0.2) is 15.0 Å². The van der Waals surface area contributed by atoms with Crippen LogP contribution in [0.5, 0.6) is 0 Å². The van der Waals surface area contributed by atoms with Crippen LogP contribution in [-0.2, 0) is 0 Å². The number of hydrogen-bond acceptors (Lipinski definition) is 4. The van der Waals surface area contributed by atoms with Gasteiger partial charge in [0.2, 0.25) is 0 Å². The van der Waals surface area contributed by atoms with Gasteiger partial charge >= 0.3 is 0 Å². The van der Waals surface area contributed by atoms with E-state index in [0.717, 1.165) is 50.7 Å². The molecule has 0 radical (unpaired) electrons. The molecule has 0 saturated heterocycles. The molecule has 5 aromatic rings. The molecule has 136 valence electrons. The van der Waals surface area contributed by atoms with Crippen LogP contribution < -0.4 is 4.90 Å². The van der Waals surface area contributed by atoms with Crippen molar-refractivity contribution < 1.29 is 0 Å². The van der Waals surface area contributed by atoms with Gasteiger partial charge in [0.25, 0.3) is 0 Å². The molecule has 29 heavy (non-hydrogen) atoms. The van der Waals surface area contributed by atoms with Crippen molar-refractivity contribution in [3.05, 3.63) is 97.2 Å². The number of rotatable bonds is 2. The van der Waals surface area contributed by atoms with E-state index in [4.69, 9.17) is 9.97 Å². The standard InChI is InChI=1S/C25H16N4/c1-2-9-17(10-3-1)25-27-19-12-8-14-21-23(19)24(28-25)18-11-4-5-13-20(18)29(21)22-15-6-7-16-26-22/h1-16H. The Hall–Kier alpha value is -4.05. The van der Waals surface area contributed by atoms with E-state index in [1.165, 1.54) is 0 Å². The maximum absolute atomic E-state index is 5.01. The molecule has 4 nitrogen and oxygen atoms in total. The van der Waals surface area contributed by atoms with E-state index in [1.54, 1.807) is 0 Å². The number of pyridine rings is 1. The molecule has 0 fully saturated rings. The predicted octanol–water partition coefficient (Wildman–Crippen LogP) is 6.14. The Labute approximate surface area is 168 Å². The average Bonchev–Trinajstić information content (AvgIpc) is 2.80. The van der Waals surface area contributed by atoms with Crippen molar-refractivity contribution >= 4 is 28.1 Å². The molecule has 3 aromatic carbocycles. The Morgan fingerprint density at radius 3 is 2.28 bits per heavy atom. The highest BCUT2D eigenvalue weighted by molar-refractivity contribution is 6.11. The quantitative estimate of drug-likeness (QED) is 0.366. The van der Waals surface area contributed by atoms with Gasteiger partial charge in [0.15, 0.2) is 5.82 Å². The SMILES string of the molecule is c1ccc(-c2nc3c4c(cccc4n2)N(c2ccccn2)c2ccccc2-3)cc1. The molecular weight excluding hydrogens is 356 g/mol. The molecule has 0 N–H and O–H groups in total. The Bertz CT molecular complexity index is 1350. The Balaban J connectivity index is 1.71. The van der Waals surface area contributed by atoms with Gasteiger partial charge in [0, 0.05) is 17.3 Å². The van der Waals surface area contributed by atoms with E-state index in [-0.39, 0.29) is 0 Å². The molecule has 1 aliphatic rings. The molecular formula is C25H16N4. The third kappa shape index (κ3) is 2.43. The van der Waals surface area contributed by atoms with Gasteiger partial charge in [0.05, 0.1) is 28.0 Å². The van der Waals surface area contributed by atoms with Crippen LogP contribution in [0.1, 0.15) is 0 Å². The number of para-hydroxylation sites is 1. The summed E-state index contributed by atoms with van der Waals surface area (Å²) in [6.07, 6.45) is 1.82. The van der Waals surface area contributed by atoms with Crippen LogP contribution >= 0.6 is 0 Å². The molecule has 0 atom stereocenters. The second-order valence-electron chi connectivity index (χ2n) is 6.97. The summed E-state index contributed by atoms with van der Waals surface area (Å²) in [5.74, 6) is 1.62. The number of anilines is 3. The monoisotopic (exact) mass is 372 g/mol. The lowest BCUT2D eigenvalue weighted by atomic mass is 9.97. The molecule has 0 amide bonds. The van der Waals surface area contributed by atoms with Crippen LogP contribution in [0.25, 0.3) is 33.5 Å². The first-order valence-electron chi connectivity index (χ1n) is 9.57. The molecule has 0 saturated carbocycles. The van der Waals surface area contributed by atoms with Gasteiger partial charge in [-0.05, 0) is 30.3 Å². The smallest absolute Gasteiger partial charge is 0.160 e. The van der Waals surface area contributed by atoms with E-state index < -0.39 is 0 Å². The molecule has 3 heterocycles. The molecule has 2 aromatic heterocycles. The Morgan fingerprint density at radius 1 is 0.621 bits per heavy atom. The lowest BCUT2D eigenvalue weighted by Crippen LogP contribution is -2.17. The van der Waals surface area contributed by atoms with E-state index in [2.05, 4.69) is 46.3 Å². The van der Waals surface area contributed by atoms with Crippen molar-refractivity contribution in [2.75, 3.05) is 4.90 Å². The normalized spacial score (nSPS) is 12.1. The highest BCUT2D eigenvalue weighted by Gasteiger charge is 2.28. The molecule has 6 rings (SSSR count). The molecule has 4 heteroatoms. The zero-order valence-corrected chi connectivity index (χ0v) is 15.5. The number of nitrogens with zero attached hydrogens (tertiary/aromatic N) is 4. The molecule has 0 unspecified atom stereocenters. The van der Waals surface area contributed by atoms with Crippen molar-refractivity contribution in [3.63, 3.8) is 0 Å². The van der Waals surface area contributed by atoms with E-state index >= 15 is 0 Å². The third-order valence-electron chi connectivity index (χ3n) is 5.25. The minimum atomic E-state index is 0.742. The second-order valence-corrected chi connectivity index (χ2v) is 6.97. The zero-order chi connectivity index (χ0) is 19.2. The van der Waals surface area contributed by atoms with Crippen molar-refractivity contribution in [2.45, 2.75) is 0 Å². The van der Waals surface area contributed by atoms with Crippen LogP contribution in [0.15, 0.2) is 97.2 Å². The highest BCUT2D eigenvalue weighted by Crippen LogP contribution is 2.49. The summed E-state index contributed by atoms with van der Waals surface area (Å²) in [6.45, 7) is 0. The summed E-state index contributed by atoms with van der Waals surface area (Å²) >= 11 is 0. The van der Waals surface area contributed by atoms with Crippen molar-refractivity contribution in [3.8, 4) is 22.6 Å². The first-order chi connectivity index (χ1) is 14.4. The van der Waals surface area contributed by atoms with Gasteiger partial charge < -0.3 is 0 Å². The maximum atomic E-state index is 5.01. The Morgan fingerprint density at radius 2 is 1.41 bits per heavy atom. The van der Waals surface area contributed by atoms with Crippen molar-refractivity contribution in [1.29, 1.82) is 0 Å². The van der Waals surface area contributed by atoms with Crippen LogP contribution in [0.3, 0.4) is 0 Å². The molecule has 1 aliphatic heterocycles. The van der Waals surface area contributed by atoms with Gasteiger partial charge in [-0.1, -0.05) is 60.7 Å². The van der Waals surface area contributed by atoms with E-state index in [9.17, 15) is 0 Å². The second kappa shape index (κ2) is 6.24. The van der Waals surface area contributed by atoms with Gasteiger partial charge in [0.1, 0.15) is 5.82 Å². The van der Waals surface area contributed by atoms with Gasteiger partial charge in [-0.2, -0.15) is 0 Å². The molecule has 0 aliphatic carbocycles. The third-order valence-corrected chi connectivity index (χ3v) is 5.25. The predicted molar refractivity (Wildman–Crippen MR) is 116 cm³/mol. The minimum absolute atomic E-state index is 0.742. The Kier molecular flexibility index (Phi) is 3.43. The largest absolute Gasteiger partial charge is 0.294 e. The fraction of sp³-hybridized carbons (Fsp3) is 0. The van der Waals surface area contributed by atoms with Crippen molar-refractivity contribution in [2.24, 2.45) is 0 Å². The summed E-state index contributed by atoms with van der Waals surface area (Å²) in [6, 6.07) is 30.7. The van der Waals surface area contributed by atoms with Gasteiger partial charge in [-0.25, -0.2) is 15.0 Å². The highest BCUT2D eigenvalue weighted by atomic mass is 15.2. The van der Waals surface area contributed by atoms with Crippen LogP contribution in [0.2, 0.25) is 0 Å². The first kappa shape index (κ1) is 16.0. The lowest BCUT2D eigenvalue weighted by Gasteiger charge is -2.31. The maximum Gasteiger partial charge on any atom is 0.160 e. The van der Waals surface area contributed by atoms with Crippen molar-refractivity contribution in [1.82, 2.24) is 15.0 Å². The lowest BCUT2D eigenvalue weighted by molar-refractivity contribution is 1.16. The van der Waals surface area contributed by atoms with E-state index in [0.29, 0.717) is 0 Å². The fourth-order valence-corrected chi connectivity index (χ4v) is 3.99. The topological polar surface area (TPSA) is 41.9 Å². The van der Waals surface area contributed by atoms with Crippen LogP contribution in [0, 0.1) is 0 Å². The average molecular weight is 372 g/mol. The zero-order valence-electron chi connectivity index (χ0n) is 15.5. The number of benzene rings is 3. The summed E-state index contributed by atoms with van der Waals surface area (Å²) in [4.78, 5) is 16.7. The fourth-order valence-electron chi connectivity index (χ4n) is 3.99. The molecule has 0 bridgehead atoms. The first-order valence-corrected chi connectivity index (χ1v) is 9.57. The summed E-state index contributed by atoms with van der Waals surface area (Å²) < 4.78 is 0. The van der Waals surface area contributed by atoms with E-state index in [1.807, 2.05) is 60.8 Å². The van der Waals surface area contributed by atoms with Gasteiger partial charge in [-0.15, -0.1) is 0 Å². The van der Waals surface area contributed by atoms with Crippen LogP contribution in [0.4, 0.5) is 17.2 Å². The summed E-state index contributed by atoms with van der Waals surface area (Å²) in [7, 11) is 0. The number of fused-ring (bicyclic) bond motifs is 2. The van der Waals surface area contributed by atoms with Gasteiger partial charge in [-0.3, -0.25) is 4.90 Å². The summed E-state index contributed by atoms with van der Waals surface area (Å²) in [5, 5.41) is 1.05.